The standard InChI is InChI=1S/C42H49N3O5/c1-42(2,3)50-41(47)34-24-26-45(27-25-34)40(46)33-16-20-36(21-17-33)43-35-18-14-32(15-19-35)37-22-23-38(48-28-30-10-6-4-7-11-30)44-39(37)49-29-31-12-8-5-9-13-31/h4-15,18-19,22-23,33-34,36,43H,16-17,20-21,24-29H2,1-3H3. The van der Waals surface area contributed by atoms with Crippen molar-refractivity contribution in [2.24, 2.45) is 11.8 Å². The Morgan fingerprint density at radius 1 is 0.720 bits per heavy atom. The number of likely N-dealkylation sites (tertiary alicyclic amines) is 1. The molecule has 1 amide bonds. The largest absolute Gasteiger partial charge is 0.473 e. The highest BCUT2D eigenvalue weighted by atomic mass is 16.6. The number of hydrogen-bond acceptors (Lipinski definition) is 7. The van der Waals surface area contributed by atoms with Crippen molar-refractivity contribution < 1.29 is 23.8 Å². The summed E-state index contributed by atoms with van der Waals surface area (Å²) in [7, 11) is 0. The number of ether oxygens (including phenoxy) is 3. The Balaban J connectivity index is 1.02. The van der Waals surface area contributed by atoms with Crippen molar-refractivity contribution in [1.82, 2.24) is 9.88 Å². The van der Waals surface area contributed by atoms with Crippen LogP contribution in [0.5, 0.6) is 11.8 Å². The molecule has 1 aromatic heterocycles. The second-order valence-electron chi connectivity index (χ2n) is 14.5. The third-order valence-corrected chi connectivity index (χ3v) is 9.47. The molecule has 1 saturated carbocycles. The maximum absolute atomic E-state index is 13.3. The number of hydrogen-bond donors (Lipinski definition) is 1. The first-order chi connectivity index (χ1) is 24.2. The summed E-state index contributed by atoms with van der Waals surface area (Å²) in [5, 5.41) is 3.69. The number of nitrogens with one attached hydrogen (secondary N) is 1. The van der Waals surface area contributed by atoms with Gasteiger partial charge in [-0.2, -0.15) is 4.98 Å². The molecule has 6 rings (SSSR count). The molecule has 1 N–H and O–H groups in total. The maximum Gasteiger partial charge on any atom is 0.309 e. The molecule has 1 aliphatic carbocycles. The fourth-order valence-corrected chi connectivity index (χ4v) is 6.74. The Hall–Kier alpha value is -4.85. The summed E-state index contributed by atoms with van der Waals surface area (Å²) < 4.78 is 17.9. The number of carbonyl (C=O) groups is 2. The van der Waals surface area contributed by atoms with Crippen molar-refractivity contribution in [3.05, 3.63) is 108 Å². The Labute approximate surface area is 296 Å². The zero-order chi connectivity index (χ0) is 34.9. The van der Waals surface area contributed by atoms with Crippen LogP contribution >= 0.6 is 0 Å². The van der Waals surface area contributed by atoms with Gasteiger partial charge in [0.1, 0.15) is 18.8 Å². The first-order valence-electron chi connectivity index (χ1n) is 17.9. The highest BCUT2D eigenvalue weighted by molar-refractivity contribution is 5.80. The summed E-state index contributed by atoms with van der Waals surface area (Å²) in [6.07, 6.45) is 4.98. The summed E-state index contributed by atoms with van der Waals surface area (Å²) in [6, 6.07) is 32.7. The van der Waals surface area contributed by atoms with E-state index in [0.717, 1.165) is 53.6 Å². The topological polar surface area (TPSA) is 90.0 Å². The van der Waals surface area contributed by atoms with E-state index in [-0.39, 0.29) is 23.7 Å². The SMILES string of the molecule is CC(C)(C)OC(=O)C1CCN(C(=O)C2CCC(Nc3ccc(-c4ccc(OCc5ccccc5)nc4OCc4ccccc4)cc3)CC2)CC1. The maximum atomic E-state index is 13.3. The van der Waals surface area contributed by atoms with Crippen LogP contribution in [-0.2, 0) is 27.5 Å². The van der Waals surface area contributed by atoms with Crippen molar-refractivity contribution in [3.63, 3.8) is 0 Å². The van der Waals surface area contributed by atoms with Gasteiger partial charge in [-0.15, -0.1) is 0 Å². The van der Waals surface area contributed by atoms with Crippen LogP contribution in [0.1, 0.15) is 70.4 Å². The lowest BCUT2D eigenvalue weighted by Gasteiger charge is -2.36. The first kappa shape index (κ1) is 35.0. The normalized spacial score (nSPS) is 18.3. The number of esters is 1. The van der Waals surface area contributed by atoms with Gasteiger partial charge in [-0.05, 0) is 94.2 Å². The predicted octanol–water partition coefficient (Wildman–Crippen LogP) is 8.46. The molecule has 1 saturated heterocycles. The van der Waals surface area contributed by atoms with Crippen molar-refractivity contribution in [2.75, 3.05) is 18.4 Å². The van der Waals surface area contributed by atoms with Crippen LogP contribution in [0, 0.1) is 11.8 Å². The highest BCUT2D eigenvalue weighted by Crippen LogP contribution is 2.34. The van der Waals surface area contributed by atoms with Crippen molar-refractivity contribution in [1.29, 1.82) is 0 Å². The molecule has 50 heavy (non-hydrogen) atoms. The molecule has 1 aliphatic heterocycles. The Kier molecular flexibility index (Phi) is 11.4. The molecule has 0 bridgehead atoms. The minimum Gasteiger partial charge on any atom is -0.473 e. The molecular weight excluding hydrogens is 626 g/mol. The lowest BCUT2D eigenvalue weighted by Crippen LogP contribution is -2.45. The molecule has 0 unspecified atom stereocenters. The summed E-state index contributed by atoms with van der Waals surface area (Å²) in [4.78, 5) is 32.6. The summed E-state index contributed by atoms with van der Waals surface area (Å²) in [6.45, 7) is 7.77. The fraction of sp³-hybridized carbons (Fsp3) is 0.405. The number of aromatic nitrogens is 1. The Bertz CT molecular complexity index is 1690. The summed E-state index contributed by atoms with van der Waals surface area (Å²) in [5.74, 6) is 1.07. The van der Waals surface area contributed by atoms with E-state index in [4.69, 9.17) is 19.2 Å². The molecule has 8 heteroatoms. The summed E-state index contributed by atoms with van der Waals surface area (Å²) in [5.41, 5.74) is 4.61. The van der Waals surface area contributed by atoms with Gasteiger partial charge in [0, 0.05) is 42.4 Å². The molecule has 2 aliphatic rings. The van der Waals surface area contributed by atoms with Gasteiger partial charge in [-0.25, -0.2) is 0 Å². The minimum absolute atomic E-state index is 0.0509. The average Bonchev–Trinajstić information content (AvgIpc) is 3.14. The first-order valence-corrected chi connectivity index (χ1v) is 17.9. The minimum atomic E-state index is -0.484. The molecule has 8 nitrogen and oxygen atoms in total. The van der Waals surface area contributed by atoms with Crippen molar-refractivity contribution in [2.45, 2.75) is 84.2 Å². The Morgan fingerprint density at radius 3 is 1.92 bits per heavy atom. The number of rotatable bonds is 11. The molecule has 0 spiro atoms. The molecule has 3 aromatic carbocycles. The third kappa shape index (κ3) is 9.65. The third-order valence-electron chi connectivity index (χ3n) is 9.47. The van der Waals surface area contributed by atoms with E-state index in [1.54, 1.807) is 0 Å². The van der Waals surface area contributed by atoms with Crippen molar-refractivity contribution >= 4 is 17.6 Å². The van der Waals surface area contributed by atoms with Crippen LogP contribution in [0.2, 0.25) is 0 Å². The molecule has 262 valence electrons. The van der Waals surface area contributed by atoms with E-state index in [1.807, 2.05) is 98.5 Å². The van der Waals surface area contributed by atoms with Crippen LogP contribution in [0.4, 0.5) is 5.69 Å². The van der Waals surface area contributed by atoms with Gasteiger partial charge < -0.3 is 24.4 Å². The number of anilines is 1. The van der Waals surface area contributed by atoms with Gasteiger partial charge >= 0.3 is 5.97 Å². The second-order valence-corrected chi connectivity index (χ2v) is 14.5. The summed E-state index contributed by atoms with van der Waals surface area (Å²) >= 11 is 0. The van der Waals surface area contributed by atoms with Gasteiger partial charge in [0.05, 0.1) is 5.92 Å². The van der Waals surface area contributed by atoms with Gasteiger partial charge in [0.25, 0.3) is 0 Å². The highest BCUT2D eigenvalue weighted by Gasteiger charge is 2.34. The van der Waals surface area contributed by atoms with Gasteiger partial charge in [-0.3, -0.25) is 9.59 Å². The number of nitrogens with zero attached hydrogens (tertiary/aromatic N) is 2. The monoisotopic (exact) mass is 675 g/mol. The predicted molar refractivity (Wildman–Crippen MR) is 196 cm³/mol. The van der Waals surface area contributed by atoms with E-state index < -0.39 is 5.60 Å². The number of piperidine rings is 1. The smallest absolute Gasteiger partial charge is 0.309 e. The van der Waals surface area contributed by atoms with Crippen molar-refractivity contribution in [3.8, 4) is 22.9 Å². The number of pyridine rings is 1. The number of amides is 1. The van der Waals surface area contributed by atoms with Crippen LogP contribution in [0.25, 0.3) is 11.1 Å². The van der Waals surface area contributed by atoms with E-state index in [9.17, 15) is 9.59 Å². The van der Waals surface area contributed by atoms with Crippen LogP contribution in [0.3, 0.4) is 0 Å². The molecule has 2 heterocycles. The van der Waals surface area contributed by atoms with E-state index in [2.05, 4.69) is 29.6 Å². The van der Waals surface area contributed by atoms with Crippen LogP contribution < -0.4 is 14.8 Å². The van der Waals surface area contributed by atoms with E-state index >= 15 is 0 Å². The lowest BCUT2D eigenvalue weighted by molar-refractivity contribution is -0.162. The lowest BCUT2D eigenvalue weighted by atomic mass is 9.84. The zero-order valence-corrected chi connectivity index (χ0v) is 29.5. The van der Waals surface area contributed by atoms with Crippen LogP contribution in [-0.4, -0.2) is 46.5 Å². The quantitative estimate of drug-likeness (QED) is 0.160. The molecule has 4 aromatic rings. The molecular formula is C42H49N3O5. The number of benzene rings is 3. The van der Waals surface area contributed by atoms with Gasteiger partial charge in [0.15, 0.2) is 0 Å². The molecule has 0 radical (unpaired) electrons. The Morgan fingerprint density at radius 2 is 1.32 bits per heavy atom. The zero-order valence-electron chi connectivity index (χ0n) is 29.5. The second kappa shape index (κ2) is 16.2. The molecule has 2 fully saturated rings. The van der Waals surface area contributed by atoms with Gasteiger partial charge in [-0.1, -0.05) is 72.8 Å². The number of carbonyl (C=O) groups excluding carboxylic acids is 2. The molecule has 0 atom stereocenters. The van der Waals surface area contributed by atoms with E-state index in [1.165, 1.54) is 0 Å². The van der Waals surface area contributed by atoms with Gasteiger partial charge in [0.2, 0.25) is 17.7 Å². The average molecular weight is 676 g/mol. The van der Waals surface area contributed by atoms with E-state index in [0.29, 0.717) is 56.9 Å². The van der Waals surface area contributed by atoms with Crippen LogP contribution in [0.15, 0.2) is 97.1 Å². The fourth-order valence-electron chi connectivity index (χ4n) is 6.74.